The van der Waals surface area contributed by atoms with Crippen LogP contribution in [0.25, 0.3) is 0 Å². The first kappa shape index (κ1) is 15.8. The zero-order valence-electron chi connectivity index (χ0n) is 11.9. The second-order valence-corrected chi connectivity index (χ2v) is 5.99. The highest BCUT2D eigenvalue weighted by atomic mass is 79.9. The second kappa shape index (κ2) is 7.98. The Balaban J connectivity index is 1.87. The maximum absolute atomic E-state index is 6.00. The van der Waals surface area contributed by atoms with Crippen LogP contribution in [0.2, 0.25) is 0 Å². The lowest BCUT2D eigenvalue weighted by molar-refractivity contribution is -0.0865. The van der Waals surface area contributed by atoms with Gasteiger partial charge < -0.3 is 18.9 Å². The first-order chi connectivity index (χ1) is 9.74. The van der Waals surface area contributed by atoms with Crippen LogP contribution in [0.5, 0.6) is 5.75 Å². The summed E-state index contributed by atoms with van der Waals surface area (Å²) in [6.07, 6.45) is 1.12. The Kier molecular flexibility index (Phi) is 6.29. The summed E-state index contributed by atoms with van der Waals surface area (Å²) < 4.78 is 21.9. The molecule has 0 bridgehead atoms. The Morgan fingerprint density at radius 1 is 1.20 bits per heavy atom. The third kappa shape index (κ3) is 4.19. The quantitative estimate of drug-likeness (QED) is 0.536. The first-order valence-electron chi connectivity index (χ1n) is 6.73. The van der Waals surface area contributed by atoms with E-state index < -0.39 is 0 Å². The van der Waals surface area contributed by atoms with Gasteiger partial charge in [0.25, 0.3) is 0 Å². The standard InChI is InChI=1S/C15H21BrO4/c1-17-6-7-19-15-13(16)9-14(15)20-12-5-3-4-11(8-12)10-18-2/h3-5,8,13-15H,6-7,9-10H2,1-2H3. The number of hydrogen-bond acceptors (Lipinski definition) is 4. The molecule has 1 saturated carbocycles. The van der Waals surface area contributed by atoms with Gasteiger partial charge >= 0.3 is 0 Å². The lowest BCUT2D eigenvalue weighted by Crippen LogP contribution is -2.52. The van der Waals surface area contributed by atoms with Crippen molar-refractivity contribution < 1.29 is 18.9 Å². The van der Waals surface area contributed by atoms with Gasteiger partial charge in [-0.05, 0) is 17.7 Å². The predicted molar refractivity (Wildman–Crippen MR) is 80.5 cm³/mol. The van der Waals surface area contributed by atoms with E-state index in [2.05, 4.69) is 15.9 Å². The summed E-state index contributed by atoms with van der Waals surface area (Å²) in [5.74, 6) is 0.865. The molecule has 1 fully saturated rings. The molecule has 0 N–H and O–H groups in total. The molecule has 0 amide bonds. The normalized spacial score (nSPS) is 25.2. The van der Waals surface area contributed by atoms with Gasteiger partial charge in [0, 0.05) is 25.5 Å². The summed E-state index contributed by atoms with van der Waals surface area (Å²) in [6, 6.07) is 7.98. The lowest BCUT2D eigenvalue weighted by atomic mass is 9.91. The third-order valence-electron chi connectivity index (χ3n) is 3.28. The molecule has 4 nitrogen and oxygen atoms in total. The zero-order valence-corrected chi connectivity index (χ0v) is 13.5. The van der Waals surface area contributed by atoms with Gasteiger partial charge in [-0.1, -0.05) is 28.1 Å². The van der Waals surface area contributed by atoms with Crippen LogP contribution in [-0.2, 0) is 20.8 Å². The molecule has 5 heteroatoms. The molecule has 3 unspecified atom stereocenters. The fraction of sp³-hybridized carbons (Fsp3) is 0.600. The van der Waals surface area contributed by atoms with Gasteiger partial charge in [0.2, 0.25) is 0 Å². The van der Waals surface area contributed by atoms with Crippen molar-refractivity contribution in [3.63, 3.8) is 0 Å². The van der Waals surface area contributed by atoms with Crippen molar-refractivity contribution in [2.75, 3.05) is 27.4 Å². The topological polar surface area (TPSA) is 36.9 Å². The Morgan fingerprint density at radius 2 is 2.05 bits per heavy atom. The second-order valence-electron chi connectivity index (χ2n) is 4.82. The molecule has 1 aliphatic carbocycles. The van der Waals surface area contributed by atoms with Gasteiger partial charge in [-0.2, -0.15) is 0 Å². The van der Waals surface area contributed by atoms with Gasteiger partial charge in [0.05, 0.1) is 19.8 Å². The van der Waals surface area contributed by atoms with Crippen molar-refractivity contribution >= 4 is 15.9 Å². The van der Waals surface area contributed by atoms with Crippen LogP contribution in [0, 0.1) is 0 Å². The molecule has 1 aromatic rings. The van der Waals surface area contributed by atoms with Gasteiger partial charge in [-0.15, -0.1) is 0 Å². The monoisotopic (exact) mass is 344 g/mol. The zero-order chi connectivity index (χ0) is 14.4. The average Bonchev–Trinajstić information content (AvgIpc) is 2.44. The Hall–Kier alpha value is -0.620. The van der Waals surface area contributed by atoms with Crippen molar-refractivity contribution in [3.05, 3.63) is 29.8 Å². The summed E-state index contributed by atoms with van der Waals surface area (Å²) in [4.78, 5) is 0.353. The Bertz CT molecular complexity index is 413. The number of benzene rings is 1. The highest BCUT2D eigenvalue weighted by Gasteiger charge is 2.42. The van der Waals surface area contributed by atoms with Gasteiger partial charge in [-0.25, -0.2) is 0 Å². The number of alkyl halides is 1. The van der Waals surface area contributed by atoms with E-state index in [1.165, 1.54) is 0 Å². The van der Waals surface area contributed by atoms with Crippen molar-refractivity contribution in [1.82, 2.24) is 0 Å². The maximum atomic E-state index is 6.00. The average molecular weight is 345 g/mol. The first-order valence-corrected chi connectivity index (χ1v) is 7.65. The largest absolute Gasteiger partial charge is 0.488 e. The molecule has 0 heterocycles. The molecule has 1 aliphatic rings. The minimum absolute atomic E-state index is 0.0798. The van der Waals surface area contributed by atoms with E-state index in [1.54, 1.807) is 14.2 Å². The molecule has 20 heavy (non-hydrogen) atoms. The van der Waals surface area contributed by atoms with Crippen molar-refractivity contribution in [2.45, 2.75) is 30.1 Å². The van der Waals surface area contributed by atoms with E-state index in [0.717, 1.165) is 17.7 Å². The number of halogens is 1. The SMILES string of the molecule is COCCOC1C(Br)CC1Oc1cccc(COC)c1. The molecule has 2 rings (SSSR count). The summed E-state index contributed by atoms with van der Waals surface area (Å²) in [5, 5.41) is 0. The van der Waals surface area contributed by atoms with Crippen LogP contribution in [0.3, 0.4) is 0 Å². The molecular weight excluding hydrogens is 324 g/mol. The summed E-state index contributed by atoms with van der Waals surface area (Å²) >= 11 is 3.61. The van der Waals surface area contributed by atoms with E-state index in [0.29, 0.717) is 24.6 Å². The van der Waals surface area contributed by atoms with Crippen LogP contribution >= 0.6 is 15.9 Å². The fourth-order valence-corrected chi connectivity index (χ4v) is 3.03. The molecule has 0 saturated heterocycles. The molecular formula is C15H21BrO4. The summed E-state index contributed by atoms with van der Waals surface area (Å²) in [5.41, 5.74) is 1.11. The molecule has 0 spiro atoms. The number of hydrogen-bond donors (Lipinski definition) is 0. The van der Waals surface area contributed by atoms with Crippen molar-refractivity contribution in [2.24, 2.45) is 0 Å². The smallest absolute Gasteiger partial charge is 0.127 e. The maximum Gasteiger partial charge on any atom is 0.127 e. The van der Waals surface area contributed by atoms with Crippen molar-refractivity contribution in [1.29, 1.82) is 0 Å². The van der Waals surface area contributed by atoms with Crippen LogP contribution in [0.1, 0.15) is 12.0 Å². The number of rotatable bonds is 8. The Morgan fingerprint density at radius 3 is 2.75 bits per heavy atom. The van der Waals surface area contributed by atoms with E-state index >= 15 is 0 Å². The Labute approximate surface area is 128 Å². The lowest BCUT2D eigenvalue weighted by Gasteiger charge is -2.40. The van der Waals surface area contributed by atoms with E-state index in [9.17, 15) is 0 Å². The molecule has 0 aromatic heterocycles. The van der Waals surface area contributed by atoms with E-state index in [-0.39, 0.29) is 12.2 Å². The fourth-order valence-electron chi connectivity index (χ4n) is 2.17. The predicted octanol–water partition coefficient (Wildman–Crippen LogP) is 2.78. The highest BCUT2D eigenvalue weighted by molar-refractivity contribution is 9.09. The summed E-state index contributed by atoms with van der Waals surface area (Å²) in [7, 11) is 3.36. The van der Waals surface area contributed by atoms with Gasteiger partial charge in [0.15, 0.2) is 0 Å². The molecule has 3 atom stereocenters. The number of ether oxygens (including phenoxy) is 4. The molecule has 0 radical (unpaired) electrons. The van der Waals surface area contributed by atoms with Crippen LogP contribution in [-0.4, -0.2) is 44.5 Å². The van der Waals surface area contributed by atoms with Gasteiger partial charge in [-0.3, -0.25) is 0 Å². The van der Waals surface area contributed by atoms with E-state index in [1.807, 2.05) is 24.3 Å². The van der Waals surface area contributed by atoms with Crippen LogP contribution < -0.4 is 4.74 Å². The van der Waals surface area contributed by atoms with Crippen LogP contribution in [0.15, 0.2) is 24.3 Å². The molecule has 0 aliphatic heterocycles. The van der Waals surface area contributed by atoms with Gasteiger partial charge in [0.1, 0.15) is 18.0 Å². The highest BCUT2D eigenvalue weighted by Crippen LogP contribution is 2.34. The summed E-state index contributed by atoms with van der Waals surface area (Å²) in [6.45, 7) is 1.79. The minimum Gasteiger partial charge on any atom is -0.488 e. The van der Waals surface area contributed by atoms with E-state index in [4.69, 9.17) is 18.9 Å². The third-order valence-corrected chi connectivity index (χ3v) is 4.17. The molecule has 112 valence electrons. The number of methoxy groups -OCH3 is 2. The molecule has 1 aromatic carbocycles. The minimum atomic E-state index is 0.0798. The van der Waals surface area contributed by atoms with Crippen LogP contribution in [0.4, 0.5) is 0 Å². The van der Waals surface area contributed by atoms with Crippen molar-refractivity contribution in [3.8, 4) is 5.75 Å².